The first-order valence-corrected chi connectivity index (χ1v) is 9.16. The minimum absolute atomic E-state index is 0.0909. The summed E-state index contributed by atoms with van der Waals surface area (Å²) in [5.41, 5.74) is 2.28. The van der Waals surface area contributed by atoms with E-state index in [2.05, 4.69) is 5.32 Å². The molecule has 1 amide bonds. The lowest BCUT2D eigenvalue weighted by atomic mass is 10.1. The van der Waals surface area contributed by atoms with Gasteiger partial charge in [-0.3, -0.25) is 4.79 Å². The molecule has 25 heavy (non-hydrogen) atoms. The van der Waals surface area contributed by atoms with Crippen molar-refractivity contribution in [2.75, 3.05) is 19.5 Å². The number of nitrogens with one attached hydrogen (secondary N) is 1. The van der Waals surface area contributed by atoms with Crippen molar-refractivity contribution in [2.45, 2.75) is 25.3 Å². The van der Waals surface area contributed by atoms with E-state index in [0.717, 1.165) is 11.1 Å². The highest BCUT2D eigenvalue weighted by molar-refractivity contribution is 7.89. The summed E-state index contributed by atoms with van der Waals surface area (Å²) in [6.07, 6.45) is 0. The van der Waals surface area contributed by atoms with Crippen LogP contribution in [-0.4, -0.2) is 32.8 Å². The average Bonchev–Trinajstić information content (AvgIpc) is 2.56. The molecular weight excluding hydrogens is 340 g/mol. The van der Waals surface area contributed by atoms with Crippen LogP contribution in [0.2, 0.25) is 0 Å². The first kappa shape index (κ1) is 19.0. The summed E-state index contributed by atoms with van der Waals surface area (Å²) in [5.74, 6) is 0.0943. The molecule has 2 aromatic carbocycles. The molecule has 0 bridgehead atoms. The van der Waals surface area contributed by atoms with Crippen LogP contribution in [0.3, 0.4) is 0 Å². The van der Waals surface area contributed by atoms with Crippen LogP contribution in [0.4, 0.5) is 5.69 Å². The van der Waals surface area contributed by atoms with Crippen molar-refractivity contribution in [2.24, 2.45) is 0 Å². The van der Waals surface area contributed by atoms with Gasteiger partial charge in [-0.25, -0.2) is 8.42 Å². The SMILES string of the molecule is COc1ccc(S(=O)(=O)N(C)Cc2ccccc2C)cc1NC(C)=O. The standard InChI is InChI=1S/C18H22N2O4S/c1-13-7-5-6-8-15(13)12-20(3)25(22,23)16-9-10-18(24-4)17(11-16)19-14(2)21/h5-11H,12H2,1-4H3,(H,19,21). The molecule has 0 aromatic heterocycles. The van der Waals surface area contributed by atoms with Crippen LogP contribution in [0.1, 0.15) is 18.1 Å². The number of carbonyl (C=O) groups is 1. The smallest absolute Gasteiger partial charge is 0.243 e. The number of carbonyl (C=O) groups excluding carboxylic acids is 1. The predicted octanol–water partition coefficient (Wildman–Crippen LogP) is 2.78. The molecule has 0 aliphatic heterocycles. The van der Waals surface area contributed by atoms with E-state index in [9.17, 15) is 13.2 Å². The molecule has 0 aliphatic rings. The maximum atomic E-state index is 12.9. The van der Waals surface area contributed by atoms with Crippen molar-refractivity contribution >= 4 is 21.6 Å². The Kier molecular flexibility index (Phi) is 5.81. The number of hydrogen-bond donors (Lipinski definition) is 1. The zero-order chi connectivity index (χ0) is 18.6. The largest absolute Gasteiger partial charge is 0.495 e. The lowest BCUT2D eigenvalue weighted by Crippen LogP contribution is -2.27. The number of anilines is 1. The summed E-state index contributed by atoms with van der Waals surface area (Å²) >= 11 is 0. The number of ether oxygens (including phenoxy) is 1. The van der Waals surface area contributed by atoms with Gasteiger partial charge in [0.2, 0.25) is 15.9 Å². The maximum absolute atomic E-state index is 12.9. The first-order valence-electron chi connectivity index (χ1n) is 7.72. The summed E-state index contributed by atoms with van der Waals surface area (Å²) < 4.78 is 32.2. The summed E-state index contributed by atoms with van der Waals surface area (Å²) in [6.45, 7) is 3.56. The number of rotatable bonds is 6. The van der Waals surface area contributed by atoms with Crippen LogP contribution in [-0.2, 0) is 21.4 Å². The molecule has 0 unspecified atom stereocenters. The van der Waals surface area contributed by atoms with Gasteiger partial charge in [-0.1, -0.05) is 24.3 Å². The van der Waals surface area contributed by atoms with E-state index in [1.165, 1.54) is 43.6 Å². The average molecular weight is 362 g/mol. The highest BCUT2D eigenvalue weighted by Crippen LogP contribution is 2.29. The Morgan fingerprint density at radius 2 is 1.88 bits per heavy atom. The Bertz CT molecular complexity index is 878. The normalized spacial score (nSPS) is 11.4. The van der Waals surface area contributed by atoms with Crippen molar-refractivity contribution < 1.29 is 17.9 Å². The highest BCUT2D eigenvalue weighted by Gasteiger charge is 2.23. The third-order valence-electron chi connectivity index (χ3n) is 3.84. The number of amides is 1. The quantitative estimate of drug-likeness (QED) is 0.857. The summed E-state index contributed by atoms with van der Waals surface area (Å²) in [5, 5.41) is 2.59. The lowest BCUT2D eigenvalue weighted by molar-refractivity contribution is -0.114. The molecule has 2 aromatic rings. The van der Waals surface area contributed by atoms with Crippen molar-refractivity contribution in [3.05, 3.63) is 53.6 Å². The zero-order valence-corrected chi connectivity index (χ0v) is 15.6. The summed E-state index contributed by atoms with van der Waals surface area (Å²) in [7, 11) is -0.721. The molecule has 2 rings (SSSR count). The molecule has 134 valence electrons. The summed E-state index contributed by atoms with van der Waals surface area (Å²) in [4.78, 5) is 11.4. The summed E-state index contributed by atoms with van der Waals surface area (Å²) in [6, 6.07) is 12.0. The molecule has 0 radical (unpaired) electrons. The number of nitrogens with zero attached hydrogens (tertiary/aromatic N) is 1. The van der Waals surface area contributed by atoms with Crippen LogP contribution in [0.25, 0.3) is 0 Å². The van der Waals surface area contributed by atoms with Gasteiger partial charge >= 0.3 is 0 Å². The van der Waals surface area contributed by atoms with Crippen LogP contribution < -0.4 is 10.1 Å². The van der Waals surface area contributed by atoms with Gasteiger partial charge in [-0.15, -0.1) is 0 Å². The molecule has 0 aliphatic carbocycles. The van der Waals surface area contributed by atoms with Crippen molar-refractivity contribution in [3.8, 4) is 5.75 Å². The molecular formula is C18H22N2O4S. The van der Waals surface area contributed by atoms with Gasteiger partial charge in [0.1, 0.15) is 5.75 Å². The Balaban J connectivity index is 2.35. The van der Waals surface area contributed by atoms with Gasteiger partial charge in [-0.05, 0) is 36.2 Å². The molecule has 0 saturated heterocycles. The Hall–Kier alpha value is -2.38. The Morgan fingerprint density at radius 1 is 1.20 bits per heavy atom. The van der Waals surface area contributed by atoms with Crippen molar-refractivity contribution in [1.29, 1.82) is 0 Å². The molecule has 0 spiro atoms. The molecule has 6 nitrogen and oxygen atoms in total. The predicted molar refractivity (Wildman–Crippen MR) is 97.1 cm³/mol. The molecule has 0 fully saturated rings. The topological polar surface area (TPSA) is 75.7 Å². The molecule has 0 heterocycles. The minimum atomic E-state index is -3.71. The number of benzene rings is 2. The fourth-order valence-electron chi connectivity index (χ4n) is 2.43. The minimum Gasteiger partial charge on any atom is -0.495 e. The van der Waals surface area contributed by atoms with Crippen LogP contribution in [0.5, 0.6) is 5.75 Å². The van der Waals surface area contributed by atoms with E-state index in [-0.39, 0.29) is 17.3 Å². The number of hydrogen-bond acceptors (Lipinski definition) is 4. The monoisotopic (exact) mass is 362 g/mol. The first-order chi connectivity index (χ1) is 11.8. The number of methoxy groups -OCH3 is 1. The van der Waals surface area contributed by atoms with Crippen LogP contribution in [0.15, 0.2) is 47.4 Å². The van der Waals surface area contributed by atoms with Crippen molar-refractivity contribution in [3.63, 3.8) is 0 Å². The van der Waals surface area contributed by atoms with Crippen LogP contribution in [0, 0.1) is 6.92 Å². The number of aryl methyl sites for hydroxylation is 1. The second-order valence-corrected chi connectivity index (χ2v) is 7.78. The molecule has 1 N–H and O–H groups in total. The van der Waals surface area contributed by atoms with Crippen molar-refractivity contribution in [1.82, 2.24) is 4.31 Å². The second kappa shape index (κ2) is 7.67. The van der Waals surface area contributed by atoms with Gasteiger partial charge in [0.25, 0.3) is 0 Å². The van der Waals surface area contributed by atoms with E-state index < -0.39 is 10.0 Å². The van der Waals surface area contributed by atoms with E-state index >= 15 is 0 Å². The lowest BCUT2D eigenvalue weighted by Gasteiger charge is -2.19. The maximum Gasteiger partial charge on any atom is 0.243 e. The van der Waals surface area contributed by atoms with E-state index in [0.29, 0.717) is 11.4 Å². The van der Waals surface area contributed by atoms with Gasteiger partial charge in [0.15, 0.2) is 0 Å². The zero-order valence-electron chi connectivity index (χ0n) is 14.7. The molecule has 7 heteroatoms. The van der Waals surface area contributed by atoms with Gasteiger partial charge in [0.05, 0.1) is 17.7 Å². The van der Waals surface area contributed by atoms with E-state index in [1.807, 2.05) is 31.2 Å². The Labute approximate surface area is 148 Å². The molecule has 0 saturated carbocycles. The third-order valence-corrected chi connectivity index (χ3v) is 5.64. The van der Waals surface area contributed by atoms with Gasteiger partial charge < -0.3 is 10.1 Å². The van der Waals surface area contributed by atoms with Crippen LogP contribution >= 0.6 is 0 Å². The van der Waals surface area contributed by atoms with Gasteiger partial charge in [0, 0.05) is 20.5 Å². The highest BCUT2D eigenvalue weighted by atomic mass is 32.2. The molecule has 0 atom stereocenters. The Morgan fingerprint density at radius 3 is 2.48 bits per heavy atom. The number of sulfonamides is 1. The van der Waals surface area contributed by atoms with Gasteiger partial charge in [-0.2, -0.15) is 4.31 Å². The second-order valence-electron chi connectivity index (χ2n) is 5.73. The fourth-order valence-corrected chi connectivity index (χ4v) is 3.60. The van der Waals surface area contributed by atoms with E-state index in [4.69, 9.17) is 4.74 Å². The fraction of sp³-hybridized carbons (Fsp3) is 0.278. The van der Waals surface area contributed by atoms with E-state index in [1.54, 1.807) is 0 Å². The third kappa shape index (κ3) is 4.37.